The Kier molecular flexibility index (Phi) is 7.26. The number of rotatable bonds is 6. The van der Waals surface area contributed by atoms with Crippen molar-refractivity contribution in [2.24, 2.45) is 0 Å². The lowest BCUT2D eigenvalue weighted by atomic mass is 9.92. The number of benzene rings is 2. The molecule has 0 fully saturated rings. The molecule has 0 atom stereocenters. The molecule has 0 amide bonds. The molecule has 2 rings (SSSR count). The Balaban J connectivity index is 2.53. The molecule has 162 valence electrons. The van der Waals surface area contributed by atoms with E-state index in [0.717, 1.165) is 5.56 Å². The predicted octanol–water partition coefficient (Wildman–Crippen LogP) is 4.79. The van der Waals surface area contributed by atoms with Gasteiger partial charge in [-0.1, -0.05) is 6.92 Å². The number of esters is 2. The lowest BCUT2D eigenvalue weighted by molar-refractivity contribution is -0.0126. The number of aromatic hydroxyl groups is 1. The molecule has 1 N–H and O–H groups in total. The van der Waals surface area contributed by atoms with Crippen LogP contribution in [0.4, 0.5) is 0 Å². The second-order valence-electron chi connectivity index (χ2n) is 7.48. The third-order valence-corrected chi connectivity index (χ3v) is 5.71. The Bertz CT molecular complexity index is 975. The van der Waals surface area contributed by atoms with Crippen molar-refractivity contribution in [1.29, 1.82) is 0 Å². The molecule has 0 bridgehead atoms. The third-order valence-electron chi connectivity index (χ3n) is 5.71. The average Bonchev–Trinajstić information content (AvgIpc) is 2.68. The Morgan fingerprint density at radius 1 is 0.867 bits per heavy atom. The van der Waals surface area contributed by atoms with E-state index in [0.29, 0.717) is 56.7 Å². The summed E-state index contributed by atoms with van der Waals surface area (Å²) in [5.74, 6) is -0.349. The molecule has 0 aliphatic carbocycles. The second kappa shape index (κ2) is 9.30. The fourth-order valence-corrected chi connectivity index (χ4v) is 3.83. The normalized spacial score (nSPS) is 10.8. The Hall–Kier alpha value is -2.86. The summed E-state index contributed by atoms with van der Waals surface area (Å²) >= 11 is 0. The van der Waals surface area contributed by atoms with Crippen LogP contribution < -0.4 is 4.74 Å². The van der Waals surface area contributed by atoms with Gasteiger partial charge in [0.2, 0.25) is 0 Å². The number of ether oxygens (including phenoxy) is 3. The zero-order chi connectivity index (χ0) is 22.7. The molecule has 0 radical (unpaired) electrons. The first-order valence-electron chi connectivity index (χ1n) is 9.87. The molecule has 2 aromatic rings. The zero-order valence-corrected chi connectivity index (χ0v) is 19.0. The minimum atomic E-state index is -0.487. The van der Waals surface area contributed by atoms with Gasteiger partial charge >= 0.3 is 11.9 Å². The molecule has 0 aromatic heterocycles. The van der Waals surface area contributed by atoms with E-state index in [1.54, 1.807) is 26.8 Å². The first kappa shape index (κ1) is 23.4. The number of phenolic OH excluding ortho intramolecular Hbond substituents is 1. The third kappa shape index (κ3) is 4.19. The van der Waals surface area contributed by atoms with Crippen LogP contribution in [0.25, 0.3) is 0 Å². The van der Waals surface area contributed by atoms with Crippen LogP contribution in [-0.2, 0) is 15.9 Å². The summed E-state index contributed by atoms with van der Waals surface area (Å²) in [6.45, 7) is 12.6. The van der Waals surface area contributed by atoms with Crippen molar-refractivity contribution in [2.45, 2.75) is 54.9 Å². The maximum atomic E-state index is 13.1. The summed E-state index contributed by atoms with van der Waals surface area (Å²) in [6.07, 6.45) is 0.604. The first-order valence-corrected chi connectivity index (χ1v) is 9.87. The van der Waals surface area contributed by atoms with E-state index in [1.807, 2.05) is 27.7 Å². The molecular weight excluding hydrogens is 384 g/mol. The van der Waals surface area contributed by atoms with E-state index >= 15 is 0 Å². The summed E-state index contributed by atoms with van der Waals surface area (Å²) in [7, 11) is 1.45. The molecule has 0 unspecified atom stereocenters. The Labute approximate surface area is 177 Å². The lowest BCUT2D eigenvalue weighted by Gasteiger charge is -2.20. The van der Waals surface area contributed by atoms with Gasteiger partial charge in [0, 0.05) is 7.11 Å². The van der Waals surface area contributed by atoms with Crippen LogP contribution in [0.5, 0.6) is 11.5 Å². The van der Waals surface area contributed by atoms with E-state index in [9.17, 15) is 14.7 Å². The average molecular weight is 414 g/mol. The molecule has 30 heavy (non-hydrogen) atoms. The van der Waals surface area contributed by atoms with Gasteiger partial charge < -0.3 is 19.3 Å². The van der Waals surface area contributed by atoms with Crippen LogP contribution >= 0.6 is 0 Å². The monoisotopic (exact) mass is 414 g/mol. The number of hydrogen-bond acceptors (Lipinski definition) is 6. The van der Waals surface area contributed by atoms with Crippen molar-refractivity contribution in [2.75, 3.05) is 13.9 Å². The number of hydrogen-bond donors (Lipinski definition) is 1. The van der Waals surface area contributed by atoms with Crippen LogP contribution in [0.3, 0.4) is 0 Å². The number of carbonyl (C=O) groups excluding carboxylic acids is 2. The van der Waals surface area contributed by atoms with Crippen molar-refractivity contribution >= 4 is 11.9 Å². The second-order valence-corrected chi connectivity index (χ2v) is 7.48. The van der Waals surface area contributed by atoms with E-state index in [-0.39, 0.29) is 12.5 Å². The van der Waals surface area contributed by atoms with Crippen LogP contribution in [0, 0.1) is 41.5 Å². The predicted molar refractivity (Wildman–Crippen MR) is 115 cm³/mol. The topological polar surface area (TPSA) is 82.1 Å². The molecule has 6 heteroatoms. The van der Waals surface area contributed by atoms with Gasteiger partial charge in [0.05, 0.1) is 11.1 Å². The molecule has 0 saturated carbocycles. The van der Waals surface area contributed by atoms with Crippen LogP contribution in [0.15, 0.2) is 6.07 Å². The zero-order valence-electron chi connectivity index (χ0n) is 19.0. The standard InChI is InChI=1S/C24H30O6/c1-9-18-17(7)20(12(2)10-19(18)25)24(27)30-22-15(5)13(3)21(14(4)16(22)6)23(26)29-11-28-8/h10,25H,9,11H2,1-8H3. The molecular formula is C24H30O6. The maximum absolute atomic E-state index is 13.1. The Morgan fingerprint density at radius 2 is 1.43 bits per heavy atom. The molecule has 0 saturated heterocycles. The summed E-state index contributed by atoms with van der Waals surface area (Å²) in [5.41, 5.74) is 5.75. The molecule has 6 nitrogen and oxygen atoms in total. The fraction of sp³-hybridized carbons (Fsp3) is 0.417. The summed E-state index contributed by atoms with van der Waals surface area (Å²) in [4.78, 5) is 25.6. The summed E-state index contributed by atoms with van der Waals surface area (Å²) in [6, 6.07) is 1.59. The van der Waals surface area contributed by atoms with Gasteiger partial charge in [-0.3, -0.25) is 0 Å². The van der Waals surface area contributed by atoms with Gasteiger partial charge in [-0.15, -0.1) is 0 Å². The van der Waals surface area contributed by atoms with Crippen molar-refractivity contribution in [3.63, 3.8) is 0 Å². The molecule has 0 aliphatic heterocycles. The molecule has 2 aromatic carbocycles. The lowest BCUT2D eigenvalue weighted by Crippen LogP contribution is -2.18. The number of aryl methyl sites for hydroxylation is 1. The number of phenols is 1. The van der Waals surface area contributed by atoms with E-state index in [2.05, 4.69) is 0 Å². The Morgan fingerprint density at radius 3 is 1.93 bits per heavy atom. The number of carbonyl (C=O) groups is 2. The van der Waals surface area contributed by atoms with Crippen LogP contribution in [0.2, 0.25) is 0 Å². The highest BCUT2D eigenvalue weighted by molar-refractivity contribution is 5.97. The van der Waals surface area contributed by atoms with Gasteiger partial charge in [-0.25, -0.2) is 9.59 Å². The van der Waals surface area contributed by atoms with Crippen molar-refractivity contribution in [3.05, 3.63) is 56.1 Å². The summed E-state index contributed by atoms with van der Waals surface area (Å²) < 4.78 is 15.8. The van der Waals surface area contributed by atoms with Crippen molar-refractivity contribution in [3.8, 4) is 11.5 Å². The van der Waals surface area contributed by atoms with Gasteiger partial charge in [0.15, 0.2) is 6.79 Å². The van der Waals surface area contributed by atoms with E-state index in [1.165, 1.54) is 7.11 Å². The van der Waals surface area contributed by atoms with Crippen molar-refractivity contribution < 1.29 is 28.9 Å². The smallest absolute Gasteiger partial charge is 0.344 e. The highest BCUT2D eigenvalue weighted by Crippen LogP contribution is 2.35. The minimum Gasteiger partial charge on any atom is -0.508 e. The van der Waals surface area contributed by atoms with Gasteiger partial charge in [0.1, 0.15) is 11.5 Å². The maximum Gasteiger partial charge on any atom is 0.344 e. The molecule has 0 heterocycles. The van der Waals surface area contributed by atoms with Crippen LogP contribution in [-0.4, -0.2) is 30.9 Å². The van der Waals surface area contributed by atoms with E-state index < -0.39 is 11.9 Å². The van der Waals surface area contributed by atoms with Gasteiger partial charge in [-0.2, -0.15) is 0 Å². The highest BCUT2D eigenvalue weighted by atomic mass is 16.7. The van der Waals surface area contributed by atoms with Crippen LogP contribution in [0.1, 0.15) is 66.6 Å². The molecule has 0 aliphatic rings. The number of methoxy groups -OCH3 is 1. The van der Waals surface area contributed by atoms with Gasteiger partial charge in [0.25, 0.3) is 0 Å². The highest BCUT2D eigenvalue weighted by Gasteiger charge is 2.25. The molecule has 0 spiro atoms. The fourth-order valence-electron chi connectivity index (χ4n) is 3.83. The van der Waals surface area contributed by atoms with Gasteiger partial charge in [-0.05, 0) is 93.0 Å². The quantitative estimate of drug-likeness (QED) is 0.416. The first-order chi connectivity index (χ1) is 14.1. The van der Waals surface area contributed by atoms with E-state index in [4.69, 9.17) is 14.2 Å². The largest absolute Gasteiger partial charge is 0.508 e. The minimum absolute atomic E-state index is 0.133. The summed E-state index contributed by atoms with van der Waals surface area (Å²) in [5, 5.41) is 10.2. The SMILES string of the molecule is CCc1c(O)cc(C)c(C(=O)Oc2c(C)c(C)c(C(=O)OCOC)c(C)c2C)c1C. The van der Waals surface area contributed by atoms with Crippen molar-refractivity contribution in [1.82, 2.24) is 0 Å².